The highest BCUT2D eigenvalue weighted by molar-refractivity contribution is 5.50. The van der Waals surface area contributed by atoms with Crippen molar-refractivity contribution in [1.29, 1.82) is 0 Å². The molecule has 1 aliphatic rings. The minimum Gasteiger partial charge on any atom is -0.497 e. The van der Waals surface area contributed by atoms with Crippen LogP contribution >= 0.6 is 0 Å². The van der Waals surface area contributed by atoms with Crippen LogP contribution < -0.4 is 15.4 Å². The van der Waals surface area contributed by atoms with Crippen molar-refractivity contribution in [3.63, 3.8) is 0 Å². The smallest absolute Gasteiger partial charge is 0.119 e. The van der Waals surface area contributed by atoms with Gasteiger partial charge in [-0.15, -0.1) is 0 Å². The molecule has 0 aromatic heterocycles. The number of nitrogens with two attached hydrogens (primary N) is 1. The van der Waals surface area contributed by atoms with E-state index in [0.29, 0.717) is 12.1 Å². The molecule has 1 fully saturated rings. The first kappa shape index (κ1) is 14.2. The van der Waals surface area contributed by atoms with E-state index < -0.39 is 0 Å². The standard InChI is InChI=1S/C15H25N3O/c1-12-10-18(14(8-9-16)11-17(12)2)13-4-6-15(19-3)7-5-13/h4-7,12,14H,8-11,16H2,1-3H3. The summed E-state index contributed by atoms with van der Waals surface area (Å²) < 4.78 is 5.22. The highest BCUT2D eigenvalue weighted by Crippen LogP contribution is 2.26. The molecule has 1 aromatic carbocycles. The van der Waals surface area contributed by atoms with Crippen LogP contribution in [-0.2, 0) is 0 Å². The molecule has 0 spiro atoms. The van der Waals surface area contributed by atoms with Crippen molar-refractivity contribution in [3.8, 4) is 5.75 Å². The molecule has 0 aliphatic carbocycles. The van der Waals surface area contributed by atoms with E-state index in [9.17, 15) is 0 Å². The molecule has 1 aliphatic heterocycles. The van der Waals surface area contributed by atoms with Gasteiger partial charge in [0.25, 0.3) is 0 Å². The third kappa shape index (κ3) is 3.19. The van der Waals surface area contributed by atoms with E-state index in [-0.39, 0.29) is 0 Å². The Bertz CT molecular complexity index is 393. The van der Waals surface area contributed by atoms with Gasteiger partial charge in [0.05, 0.1) is 7.11 Å². The molecule has 2 atom stereocenters. The Kier molecular flexibility index (Phi) is 4.66. The highest BCUT2D eigenvalue weighted by atomic mass is 16.5. The second kappa shape index (κ2) is 6.26. The fourth-order valence-corrected chi connectivity index (χ4v) is 2.71. The molecule has 1 heterocycles. The molecule has 0 amide bonds. The zero-order chi connectivity index (χ0) is 13.8. The minimum absolute atomic E-state index is 0.500. The van der Waals surface area contributed by atoms with Gasteiger partial charge in [-0.2, -0.15) is 0 Å². The summed E-state index contributed by atoms with van der Waals surface area (Å²) in [5.41, 5.74) is 7.02. The number of nitrogens with zero attached hydrogens (tertiary/aromatic N) is 2. The van der Waals surface area contributed by atoms with Gasteiger partial charge >= 0.3 is 0 Å². The van der Waals surface area contributed by atoms with Crippen LogP contribution in [-0.4, -0.2) is 50.8 Å². The maximum atomic E-state index is 5.76. The second-order valence-electron chi connectivity index (χ2n) is 5.37. The number of hydrogen-bond acceptors (Lipinski definition) is 4. The first-order valence-electron chi connectivity index (χ1n) is 6.96. The van der Waals surface area contributed by atoms with Crippen LogP contribution in [0.25, 0.3) is 0 Å². The quantitative estimate of drug-likeness (QED) is 0.895. The fourth-order valence-electron chi connectivity index (χ4n) is 2.71. The van der Waals surface area contributed by atoms with Gasteiger partial charge in [-0.05, 0) is 51.2 Å². The van der Waals surface area contributed by atoms with E-state index in [1.807, 2.05) is 12.1 Å². The van der Waals surface area contributed by atoms with E-state index in [0.717, 1.165) is 31.8 Å². The Morgan fingerprint density at radius 3 is 2.53 bits per heavy atom. The number of likely N-dealkylation sites (N-methyl/N-ethyl adjacent to an activating group) is 1. The molecule has 0 radical (unpaired) electrons. The van der Waals surface area contributed by atoms with Crippen molar-refractivity contribution in [2.45, 2.75) is 25.4 Å². The zero-order valence-electron chi connectivity index (χ0n) is 12.2. The van der Waals surface area contributed by atoms with E-state index in [2.05, 4.69) is 35.9 Å². The number of rotatable bonds is 4. The lowest BCUT2D eigenvalue weighted by Gasteiger charge is -2.45. The Morgan fingerprint density at radius 1 is 1.26 bits per heavy atom. The highest BCUT2D eigenvalue weighted by Gasteiger charge is 2.29. The van der Waals surface area contributed by atoms with Crippen LogP contribution in [0.2, 0.25) is 0 Å². The number of anilines is 1. The van der Waals surface area contributed by atoms with Gasteiger partial charge in [-0.25, -0.2) is 0 Å². The number of hydrogen-bond donors (Lipinski definition) is 1. The lowest BCUT2D eigenvalue weighted by Crippen LogP contribution is -2.56. The average Bonchev–Trinajstić information content (AvgIpc) is 2.43. The molecular formula is C15H25N3O. The number of benzene rings is 1. The minimum atomic E-state index is 0.500. The second-order valence-corrected chi connectivity index (χ2v) is 5.37. The first-order valence-corrected chi connectivity index (χ1v) is 6.96. The van der Waals surface area contributed by atoms with Crippen LogP contribution in [0.1, 0.15) is 13.3 Å². The summed E-state index contributed by atoms with van der Waals surface area (Å²) >= 11 is 0. The van der Waals surface area contributed by atoms with E-state index in [4.69, 9.17) is 10.5 Å². The Morgan fingerprint density at radius 2 is 1.95 bits per heavy atom. The van der Waals surface area contributed by atoms with Crippen LogP contribution in [0.5, 0.6) is 5.75 Å². The third-order valence-corrected chi connectivity index (χ3v) is 4.06. The topological polar surface area (TPSA) is 41.7 Å². The molecule has 1 aromatic rings. The van der Waals surface area contributed by atoms with Crippen LogP contribution in [0.3, 0.4) is 0 Å². The van der Waals surface area contributed by atoms with Gasteiger partial charge in [0.2, 0.25) is 0 Å². The molecule has 4 nitrogen and oxygen atoms in total. The maximum Gasteiger partial charge on any atom is 0.119 e. The molecule has 19 heavy (non-hydrogen) atoms. The molecule has 2 unspecified atom stereocenters. The summed E-state index contributed by atoms with van der Waals surface area (Å²) in [5.74, 6) is 0.904. The van der Waals surface area contributed by atoms with Crippen molar-refractivity contribution in [2.75, 3.05) is 38.7 Å². The monoisotopic (exact) mass is 263 g/mol. The fraction of sp³-hybridized carbons (Fsp3) is 0.600. The van der Waals surface area contributed by atoms with Gasteiger partial charge in [-0.1, -0.05) is 0 Å². The van der Waals surface area contributed by atoms with Crippen molar-refractivity contribution in [2.24, 2.45) is 5.73 Å². The number of methoxy groups -OCH3 is 1. The summed E-state index contributed by atoms with van der Waals surface area (Å²) in [6.07, 6.45) is 1.03. The van der Waals surface area contributed by atoms with E-state index >= 15 is 0 Å². The van der Waals surface area contributed by atoms with Gasteiger partial charge in [-0.3, -0.25) is 4.90 Å². The van der Waals surface area contributed by atoms with Gasteiger partial charge in [0.15, 0.2) is 0 Å². The lowest BCUT2D eigenvalue weighted by molar-refractivity contribution is 0.196. The van der Waals surface area contributed by atoms with Crippen LogP contribution in [0, 0.1) is 0 Å². The molecule has 4 heteroatoms. The predicted octanol–water partition coefficient (Wildman–Crippen LogP) is 1.55. The molecule has 2 N–H and O–H groups in total. The SMILES string of the molecule is COc1ccc(N2CC(C)N(C)CC2CCN)cc1. The Balaban J connectivity index is 2.17. The summed E-state index contributed by atoms with van der Waals surface area (Å²) in [6.45, 7) is 5.13. The molecule has 1 saturated heterocycles. The predicted molar refractivity (Wildman–Crippen MR) is 79.9 cm³/mol. The maximum absolute atomic E-state index is 5.76. The first-order chi connectivity index (χ1) is 9.15. The average molecular weight is 263 g/mol. The molecule has 2 rings (SSSR count). The molecule has 0 bridgehead atoms. The van der Waals surface area contributed by atoms with Crippen LogP contribution in [0.4, 0.5) is 5.69 Å². The summed E-state index contributed by atoms with van der Waals surface area (Å²) in [5, 5.41) is 0. The third-order valence-electron chi connectivity index (χ3n) is 4.06. The zero-order valence-corrected chi connectivity index (χ0v) is 12.2. The largest absolute Gasteiger partial charge is 0.497 e. The lowest BCUT2D eigenvalue weighted by atomic mass is 10.0. The van der Waals surface area contributed by atoms with E-state index in [1.165, 1.54) is 5.69 Å². The van der Waals surface area contributed by atoms with Crippen molar-refractivity contribution >= 4 is 5.69 Å². The number of piperazine rings is 1. The summed E-state index contributed by atoms with van der Waals surface area (Å²) in [6, 6.07) is 9.40. The Labute approximate surface area is 116 Å². The van der Waals surface area contributed by atoms with Gasteiger partial charge in [0, 0.05) is 30.9 Å². The summed E-state index contributed by atoms with van der Waals surface area (Å²) in [4.78, 5) is 4.90. The normalized spacial score (nSPS) is 24.5. The molecule has 106 valence electrons. The Hall–Kier alpha value is -1.26. The van der Waals surface area contributed by atoms with Crippen molar-refractivity contribution in [3.05, 3.63) is 24.3 Å². The van der Waals surface area contributed by atoms with Gasteiger partial charge < -0.3 is 15.4 Å². The van der Waals surface area contributed by atoms with Crippen molar-refractivity contribution in [1.82, 2.24) is 4.90 Å². The van der Waals surface area contributed by atoms with Crippen molar-refractivity contribution < 1.29 is 4.74 Å². The molecule has 0 saturated carbocycles. The summed E-state index contributed by atoms with van der Waals surface area (Å²) in [7, 11) is 3.89. The van der Waals surface area contributed by atoms with E-state index in [1.54, 1.807) is 7.11 Å². The molecular weight excluding hydrogens is 238 g/mol. The number of ether oxygens (including phenoxy) is 1. The van der Waals surface area contributed by atoms with Gasteiger partial charge in [0.1, 0.15) is 5.75 Å². The van der Waals surface area contributed by atoms with Crippen LogP contribution in [0.15, 0.2) is 24.3 Å².